The molecule has 0 fully saturated rings. The molecular formula is C14H14BN2O6S-. The summed E-state index contributed by atoms with van der Waals surface area (Å²) in [6.07, 6.45) is 5.35. The fourth-order valence-electron chi connectivity index (χ4n) is 1.77. The van der Waals surface area contributed by atoms with Crippen LogP contribution in [0.15, 0.2) is 48.8 Å². The van der Waals surface area contributed by atoms with E-state index in [1.165, 1.54) is 42.7 Å². The number of rotatable bonds is 7. The first-order chi connectivity index (χ1) is 11.5. The fourth-order valence-corrected chi connectivity index (χ4v) is 2.13. The van der Waals surface area contributed by atoms with E-state index in [4.69, 9.17) is 14.9 Å². The summed E-state index contributed by atoms with van der Waals surface area (Å²) in [4.78, 5) is 16.6. The maximum Gasteiger partial charge on any atom is 0.488 e. The Morgan fingerprint density at radius 1 is 1.33 bits per heavy atom. The normalized spacial score (nSPS) is 12.3. The topological polar surface area (TPSA) is 124 Å². The molecule has 0 radical (unpaired) electrons. The van der Waals surface area contributed by atoms with Crippen molar-refractivity contribution in [3.63, 3.8) is 0 Å². The number of hydroxylamine groups is 1. The van der Waals surface area contributed by atoms with Gasteiger partial charge in [0, 0.05) is 18.5 Å². The first-order valence-corrected chi connectivity index (χ1v) is 7.81. The van der Waals surface area contributed by atoms with E-state index in [0.717, 1.165) is 9.54 Å². The van der Waals surface area contributed by atoms with Crippen LogP contribution in [-0.4, -0.2) is 35.8 Å². The van der Waals surface area contributed by atoms with Crippen LogP contribution in [0.3, 0.4) is 0 Å². The molecule has 0 aliphatic heterocycles. The molecule has 10 heteroatoms. The van der Waals surface area contributed by atoms with Gasteiger partial charge in [0.25, 0.3) is 5.91 Å². The highest BCUT2D eigenvalue weighted by atomic mass is 32.2. The Kier molecular flexibility index (Phi) is 6.47. The van der Waals surface area contributed by atoms with Crippen LogP contribution in [0.25, 0.3) is 6.08 Å². The summed E-state index contributed by atoms with van der Waals surface area (Å²) < 4.78 is 22.4. The quantitative estimate of drug-likeness (QED) is 0.257. The Bertz CT molecular complexity index is 744. The molecule has 0 aliphatic rings. The van der Waals surface area contributed by atoms with Crippen LogP contribution in [-0.2, 0) is 27.5 Å². The Hall–Kier alpha value is -2.24. The molecule has 1 unspecified atom stereocenters. The Labute approximate surface area is 140 Å². The molecule has 24 heavy (non-hydrogen) atoms. The molecule has 0 aliphatic carbocycles. The molecule has 3 N–H and O–H groups in total. The zero-order valence-corrected chi connectivity index (χ0v) is 13.2. The second-order valence-corrected chi connectivity index (χ2v) is 5.58. The monoisotopic (exact) mass is 349 g/mol. The zero-order valence-electron chi connectivity index (χ0n) is 12.4. The number of hydrogen-bond acceptors (Lipinski definition) is 6. The summed E-state index contributed by atoms with van der Waals surface area (Å²) in [6.45, 7) is 0.104. The number of benzene rings is 1. The third-order valence-electron chi connectivity index (χ3n) is 2.98. The third-order valence-corrected chi connectivity index (χ3v) is 3.55. The van der Waals surface area contributed by atoms with E-state index in [0.29, 0.717) is 11.0 Å². The molecule has 1 aromatic heterocycles. The molecule has 1 amide bonds. The molecule has 0 spiro atoms. The van der Waals surface area contributed by atoms with Crippen molar-refractivity contribution in [2.45, 2.75) is 6.61 Å². The maximum absolute atomic E-state index is 11.6. The molecule has 1 heterocycles. The summed E-state index contributed by atoms with van der Waals surface area (Å²) >= 11 is -2.38. The van der Waals surface area contributed by atoms with Crippen LogP contribution >= 0.6 is 0 Å². The van der Waals surface area contributed by atoms with E-state index in [1.807, 2.05) is 0 Å². The highest BCUT2D eigenvalue weighted by molar-refractivity contribution is 7.77. The number of nitrogens with zero attached hydrogens (tertiary/aromatic N) is 1. The van der Waals surface area contributed by atoms with Crippen molar-refractivity contribution in [2.75, 3.05) is 0 Å². The van der Waals surface area contributed by atoms with Gasteiger partial charge in [-0.05, 0) is 28.7 Å². The van der Waals surface area contributed by atoms with Gasteiger partial charge >= 0.3 is 7.12 Å². The number of carbonyl (C=O) groups is 1. The number of amides is 1. The van der Waals surface area contributed by atoms with Crippen LogP contribution in [0.2, 0.25) is 0 Å². The number of aromatic nitrogens is 1. The van der Waals surface area contributed by atoms with Crippen LogP contribution < -0.4 is 10.9 Å². The average Bonchev–Trinajstić information content (AvgIpc) is 3.03. The van der Waals surface area contributed by atoms with Gasteiger partial charge in [-0.2, -0.15) is 0 Å². The summed E-state index contributed by atoms with van der Waals surface area (Å²) in [5.74, 6) is -0.506. The van der Waals surface area contributed by atoms with Crippen molar-refractivity contribution in [1.82, 2.24) is 9.45 Å². The molecule has 2 rings (SSSR count). The predicted octanol–water partition coefficient (Wildman–Crippen LogP) is -0.929. The molecule has 1 atom stereocenters. The number of carbonyl (C=O) groups excluding carboxylic acids is 1. The third kappa shape index (κ3) is 5.44. The van der Waals surface area contributed by atoms with Crippen molar-refractivity contribution in [2.24, 2.45) is 0 Å². The van der Waals surface area contributed by atoms with Gasteiger partial charge in [-0.1, -0.05) is 24.3 Å². The highest BCUT2D eigenvalue weighted by Gasteiger charge is 2.09. The van der Waals surface area contributed by atoms with Gasteiger partial charge in [-0.15, -0.1) is 0 Å². The van der Waals surface area contributed by atoms with Gasteiger partial charge in [0.2, 0.25) is 0 Å². The van der Waals surface area contributed by atoms with E-state index in [1.54, 1.807) is 12.1 Å². The van der Waals surface area contributed by atoms with E-state index in [9.17, 15) is 13.6 Å². The molecule has 0 saturated heterocycles. The molecule has 0 saturated carbocycles. The van der Waals surface area contributed by atoms with E-state index in [2.05, 4.69) is 5.48 Å². The summed E-state index contributed by atoms with van der Waals surface area (Å²) in [5.41, 5.74) is 3.86. The van der Waals surface area contributed by atoms with Crippen LogP contribution in [0.5, 0.6) is 0 Å². The Balaban J connectivity index is 1.78. The lowest BCUT2D eigenvalue weighted by atomic mass is 9.80. The first kappa shape index (κ1) is 18.1. The van der Waals surface area contributed by atoms with Crippen LogP contribution in [0, 0.1) is 0 Å². The highest BCUT2D eigenvalue weighted by Crippen LogP contribution is 2.04. The minimum Gasteiger partial charge on any atom is -0.755 e. The predicted molar refractivity (Wildman–Crippen MR) is 87.0 cm³/mol. The minimum absolute atomic E-state index is 0.104. The van der Waals surface area contributed by atoms with E-state index < -0.39 is 24.3 Å². The summed E-state index contributed by atoms with van der Waals surface area (Å²) in [5, 5.41) is 17.9. The van der Waals surface area contributed by atoms with Gasteiger partial charge in [-0.3, -0.25) is 17.8 Å². The molecule has 0 bridgehead atoms. The maximum atomic E-state index is 11.6. The van der Waals surface area contributed by atoms with Gasteiger partial charge in [0.1, 0.15) is 0 Å². The Morgan fingerprint density at radius 3 is 2.62 bits per heavy atom. The van der Waals surface area contributed by atoms with Crippen molar-refractivity contribution in [1.29, 1.82) is 0 Å². The van der Waals surface area contributed by atoms with Crippen LogP contribution in [0.1, 0.15) is 11.1 Å². The number of nitrogens with one attached hydrogen (secondary N) is 1. The minimum atomic E-state index is -2.38. The second kappa shape index (κ2) is 8.57. The molecule has 1 aromatic carbocycles. The van der Waals surface area contributed by atoms with Crippen molar-refractivity contribution in [3.05, 3.63) is 59.9 Å². The lowest BCUT2D eigenvalue weighted by molar-refractivity contribution is -0.129. The molecule has 2 aromatic rings. The summed E-state index contributed by atoms with van der Waals surface area (Å²) in [6, 6.07) is 7.90. The molecule has 8 nitrogen and oxygen atoms in total. The smallest absolute Gasteiger partial charge is 0.488 e. The van der Waals surface area contributed by atoms with Crippen molar-refractivity contribution in [3.8, 4) is 0 Å². The van der Waals surface area contributed by atoms with E-state index >= 15 is 0 Å². The molecular weight excluding hydrogens is 335 g/mol. The molecule has 126 valence electrons. The van der Waals surface area contributed by atoms with E-state index in [-0.39, 0.29) is 6.61 Å². The zero-order chi connectivity index (χ0) is 17.5. The largest absolute Gasteiger partial charge is 0.755 e. The van der Waals surface area contributed by atoms with Gasteiger partial charge in [-0.25, -0.2) is 5.48 Å². The first-order valence-electron chi connectivity index (χ1n) is 6.78. The van der Waals surface area contributed by atoms with Crippen molar-refractivity contribution < 1.29 is 28.4 Å². The lowest BCUT2D eigenvalue weighted by Crippen LogP contribution is -2.29. The lowest BCUT2D eigenvalue weighted by Gasteiger charge is -2.05. The second-order valence-electron chi connectivity index (χ2n) is 4.73. The Morgan fingerprint density at radius 2 is 2.04 bits per heavy atom. The van der Waals surface area contributed by atoms with Crippen LogP contribution in [0.4, 0.5) is 0 Å². The van der Waals surface area contributed by atoms with Gasteiger partial charge < -0.3 is 14.6 Å². The number of hydrogen-bond donors (Lipinski definition) is 3. The average molecular weight is 349 g/mol. The van der Waals surface area contributed by atoms with Crippen molar-refractivity contribution >= 4 is 35.8 Å². The fraction of sp³-hybridized carbons (Fsp3) is 0.0714. The van der Waals surface area contributed by atoms with Gasteiger partial charge in [0.05, 0.1) is 17.9 Å². The SMILES string of the molecule is O=C(/C=C/c1ccn(S(=O)[O-])c1)NOCc1ccc(B(O)O)cc1. The standard InChI is InChI=1S/C14H15BN2O6S/c18-14(6-3-11-7-8-17(9-11)24(21)22)16-23-10-12-1-4-13(5-2-12)15(19)20/h1-9,19-20H,10H2,(H,16,18)(H,21,22)/p-1/b6-3+. The summed E-state index contributed by atoms with van der Waals surface area (Å²) in [7, 11) is -1.53. The van der Waals surface area contributed by atoms with Gasteiger partial charge in [0.15, 0.2) is 0 Å².